The second-order valence-electron chi connectivity index (χ2n) is 6.71. The summed E-state index contributed by atoms with van der Waals surface area (Å²) >= 11 is 5.84. The third-order valence-corrected chi connectivity index (χ3v) is 4.50. The van der Waals surface area contributed by atoms with Gasteiger partial charge < -0.3 is 19.3 Å². The van der Waals surface area contributed by atoms with Gasteiger partial charge in [-0.25, -0.2) is 4.79 Å². The molecule has 2 amide bonds. The van der Waals surface area contributed by atoms with Gasteiger partial charge in [-0.1, -0.05) is 51.4 Å². The highest BCUT2D eigenvalue weighted by atomic mass is 35.5. The molecule has 2 aliphatic rings. The Bertz CT molecular complexity index is 598. The van der Waals surface area contributed by atoms with Gasteiger partial charge in [-0.2, -0.15) is 0 Å². The van der Waals surface area contributed by atoms with Crippen molar-refractivity contribution in [1.82, 2.24) is 9.80 Å². The predicted octanol–water partition coefficient (Wildman–Crippen LogP) is 5.78. The van der Waals surface area contributed by atoms with E-state index in [1.54, 1.807) is 9.80 Å². The molecule has 0 bridgehead atoms. The third kappa shape index (κ3) is 14.5. The van der Waals surface area contributed by atoms with Gasteiger partial charge in [-0.05, 0) is 50.8 Å². The van der Waals surface area contributed by atoms with Crippen LogP contribution in [0.4, 0.5) is 4.79 Å². The fourth-order valence-corrected chi connectivity index (χ4v) is 3.04. The van der Waals surface area contributed by atoms with Crippen molar-refractivity contribution in [3.8, 4) is 0 Å². The molecule has 0 spiro atoms. The fraction of sp³-hybridized carbons (Fsp3) is 0.625. The van der Waals surface area contributed by atoms with E-state index in [0.29, 0.717) is 5.92 Å². The normalized spacial score (nSPS) is 16.1. The van der Waals surface area contributed by atoms with Gasteiger partial charge in [-0.3, -0.25) is 4.79 Å². The van der Waals surface area contributed by atoms with E-state index in [1.807, 2.05) is 52.0 Å². The van der Waals surface area contributed by atoms with Crippen molar-refractivity contribution in [2.75, 3.05) is 33.3 Å². The monoisotopic (exact) mass is 456 g/mol. The molecule has 178 valence electrons. The summed E-state index contributed by atoms with van der Waals surface area (Å²) in [4.78, 5) is 34.2. The quantitative estimate of drug-likeness (QED) is 0.529. The Morgan fingerprint density at radius 2 is 1.48 bits per heavy atom. The summed E-state index contributed by atoms with van der Waals surface area (Å²) in [5, 5.41) is 0.742. The molecule has 6 nitrogen and oxygen atoms in total. The molecule has 0 radical (unpaired) electrons. The molecule has 0 aliphatic carbocycles. The number of benzene rings is 1. The molecule has 1 unspecified atom stereocenters. The summed E-state index contributed by atoms with van der Waals surface area (Å²) in [6.07, 6.45) is 4.05. The number of nitrogens with zero attached hydrogens (tertiary/aromatic N) is 2. The van der Waals surface area contributed by atoms with Crippen LogP contribution in [-0.4, -0.2) is 61.4 Å². The standard InChI is InChI=1S/C12H14ClNO2.C5H9NO.C3H6O.2C2H6/c1-16-12(15)14-7-6-10(8-14)9-2-4-11(13)5-3-9;7-5-6-3-1-2-4-6;1-3(2)4;2*1-2/h2-5,10H,6-8H2,1H3;5H,1-4H2;1-2H3;2*1-2H3. The summed E-state index contributed by atoms with van der Waals surface area (Å²) in [5.41, 5.74) is 1.23. The average molecular weight is 457 g/mol. The van der Waals surface area contributed by atoms with E-state index in [9.17, 15) is 14.4 Å². The van der Waals surface area contributed by atoms with Crippen LogP contribution in [0.25, 0.3) is 0 Å². The zero-order chi connectivity index (χ0) is 24.2. The number of ether oxygens (including phenoxy) is 1. The summed E-state index contributed by atoms with van der Waals surface area (Å²) < 4.78 is 4.70. The molecule has 0 saturated carbocycles. The van der Waals surface area contributed by atoms with Crippen LogP contribution >= 0.6 is 11.6 Å². The van der Waals surface area contributed by atoms with E-state index in [2.05, 4.69) is 0 Å². The van der Waals surface area contributed by atoms with Crippen LogP contribution in [0.3, 0.4) is 0 Å². The first-order valence-electron chi connectivity index (χ1n) is 11.1. The zero-order valence-electron chi connectivity index (χ0n) is 20.3. The molecule has 1 aromatic carbocycles. The summed E-state index contributed by atoms with van der Waals surface area (Å²) in [7, 11) is 1.41. The lowest BCUT2D eigenvalue weighted by Crippen LogP contribution is -2.28. The Morgan fingerprint density at radius 1 is 1.00 bits per heavy atom. The van der Waals surface area contributed by atoms with E-state index in [1.165, 1.54) is 39.4 Å². The maximum atomic E-state index is 11.3. The van der Waals surface area contributed by atoms with Gasteiger partial charge in [-0.15, -0.1) is 0 Å². The minimum atomic E-state index is -0.239. The van der Waals surface area contributed by atoms with E-state index in [4.69, 9.17) is 16.3 Å². The molecular formula is C24H41ClN2O4. The Kier molecular flexibility index (Phi) is 19.9. The first kappa shape index (κ1) is 31.1. The van der Waals surface area contributed by atoms with Gasteiger partial charge in [0.2, 0.25) is 6.41 Å². The van der Waals surface area contributed by atoms with Crippen LogP contribution in [0, 0.1) is 0 Å². The van der Waals surface area contributed by atoms with Crippen molar-refractivity contribution in [2.45, 2.75) is 66.7 Å². The molecule has 2 aliphatic heterocycles. The smallest absolute Gasteiger partial charge is 0.409 e. The van der Waals surface area contributed by atoms with Gasteiger partial charge in [0.15, 0.2) is 0 Å². The van der Waals surface area contributed by atoms with Crippen LogP contribution in [0.2, 0.25) is 5.02 Å². The van der Waals surface area contributed by atoms with Crippen molar-refractivity contribution in [3.63, 3.8) is 0 Å². The number of hydrogen-bond acceptors (Lipinski definition) is 4. The first-order valence-corrected chi connectivity index (χ1v) is 11.5. The van der Waals surface area contributed by atoms with E-state index < -0.39 is 0 Å². The lowest BCUT2D eigenvalue weighted by molar-refractivity contribution is -0.117. The van der Waals surface area contributed by atoms with Crippen molar-refractivity contribution in [3.05, 3.63) is 34.9 Å². The highest BCUT2D eigenvalue weighted by molar-refractivity contribution is 6.30. The van der Waals surface area contributed by atoms with Crippen LogP contribution in [0.15, 0.2) is 24.3 Å². The maximum absolute atomic E-state index is 11.3. The highest BCUT2D eigenvalue weighted by Crippen LogP contribution is 2.28. The number of ketones is 1. The largest absolute Gasteiger partial charge is 0.453 e. The number of methoxy groups -OCH3 is 1. The predicted molar refractivity (Wildman–Crippen MR) is 129 cm³/mol. The van der Waals surface area contributed by atoms with Crippen LogP contribution in [0.1, 0.15) is 72.3 Å². The second kappa shape index (κ2) is 19.9. The van der Waals surface area contributed by atoms with E-state index in [0.717, 1.165) is 44.0 Å². The van der Waals surface area contributed by atoms with E-state index >= 15 is 0 Å². The molecule has 1 atom stereocenters. The van der Waals surface area contributed by atoms with Crippen molar-refractivity contribution in [1.29, 1.82) is 0 Å². The average Bonchev–Trinajstić information content (AvgIpc) is 3.49. The molecule has 31 heavy (non-hydrogen) atoms. The Balaban J connectivity index is 0. The number of carbonyl (C=O) groups excluding carboxylic acids is 3. The zero-order valence-corrected chi connectivity index (χ0v) is 21.1. The fourth-order valence-electron chi connectivity index (χ4n) is 2.91. The van der Waals surface area contributed by atoms with Crippen LogP contribution < -0.4 is 0 Å². The Hall–Kier alpha value is -2.08. The number of carbonyl (C=O) groups is 3. The topological polar surface area (TPSA) is 66.9 Å². The minimum Gasteiger partial charge on any atom is -0.453 e. The third-order valence-electron chi connectivity index (χ3n) is 4.25. The maximum Gasteiger partial charge on any atom is 0.409 e. The van der Waals surface area contributed by atoms with Crippen molar-refractivity contribution >= 4 is 29.9 Å². The lowest BCUT2D eigenvalue weighted by Gasteiger charge is -2.14. The number of hydrogen-bond donors (Lipinski definition) is 0. The molecule has 7 heteroatoms. The molecular weight excluding hydrogens is 416 g/mol. The number of Topliss-reactive ketones (excluding diaryl/α,β-unsaturated/α-hetero) is 1. The second-order valence-corrected chi connectivity index (χ2v) is 7.15. The van der Waals surface area contributed by atoms with Gasteiger partial charge in [0.25, 0.3) is 0 Å². The summed E-state index contributed by atoms with van der Waals surface area (Å²) in [5.74, 6) is 0.566. The van der Waals surface area contributed by atoms with Gasteiger partial charge in [0.1, 0.15) is 5.78 Å². The SMILES string of the molecule is CC.CC.CC(C)=O.COC(=O)N1CCC(c2ccc(Cl)cc2)C1.O=CN1CCCC1. The number of likely N-dealkylation sites (tertiary alicyclic amines) is 2. The summed E-state index contributed by atoms with van der Waals surface area (Å²) in [6, 6.07) is 7.82. The Morgan fingerprint density at radius 3 is 1.87 bits per heavy atom. The molecule has 2 saturated heterocycles. The lowest BCUT2D eigenvalue weighted by atomic mass is 9.99. The molecule has 3 rings (SSSR count). The van der Waals surface area contributed by atoms with E-state index in [-0.39, 0.29) is 11.9 Å². The summed E-state index contributed by atoms with van der Waals surface area (Å²) in [6.45, 7) is 14.5. The molecule has 2 heterocycles. The van der Waals surface area contributed by atoms with Gasteiger partial charge in [0.05, 0.1) is 7.11 Å². The Labute approximate surface area is 193 Å². The van der Waals surface area contributed by atoms with Crippen LogP contribution in [-0.2, 0) is 14.3 Å². The van der Waals surface area contributed by atoms with Crippen LogP contribution in [0.5, 0.6) is 0 Å². The number of amides is 2. The molecule has 2 fully saturated rings. The van der Waals surface area contributed by atoms with Gasteiger partial charge >= 0.3 is 6.09 Å². The minimum absolute atomic E-state index is 0.167. The first-order chi connectivity index (χ1) is 14.9. The molecule has 1 aromatic rings. The van der Waals surface area contributed by atoms with Gasteiger partial charge in [0, 0.05) is 37.1 Å². The number of rotatable bonds is 2. The van der Waals surface area contributed by atoms with Crippen molar-refractivity contribution < 1.29 is 19.1 Å². The molecule has 0 aromatic heterocycles. The highest BCUT2D eigenvalue weighted by Gasteiger charge is 2.27. The number of halogens is 1. The molecule has 0 N–H and O–H groups in total. The van der Waals surface area contributed by atoms with Crippen molar-refractivity contribution in [2.24, 2.45) is 0 Å².